The Morgan fingerprint density at radius 1 is 1.21 bits per heavy atom. The van der Waals surface area contributed by atoms with Crippen molar-refractivity contribution >= 4 is 5.78 Å². The first-order valence-corrected chi connectivity index (χ1v) is 5.95. The number of ketones is 1. The Morgan fingerprint density at radius 3 is 2.29 bits per heavy atom. The Kier molecular flexibility index (Phi) is 8.95. The van der Waals surface area contributed by atoms with E-state index in [2.05, 4.69) is 0 Å². The molecule has 0 aromatic rings. The maximum absolute atomic E-state index is 10.8. The van der Waals surface area contributed by atoms with E-state index in [1.54, 1.807) is 0 Å². The fourth-order valence-corrected chi connectivity index (χ4v) is 1.92. The van der Waals surface area contributed by atoms with Crippen LogP contribution in [0.4, 0.5) is 0 Å². The van der Waals surface area contributed by atoms with Crippen LogP contribution in [0.5, 0.6) is 0 Å². The second-order valence-corrected chi connectivity index (χ2v) is 3.74. The normalized spacial score (nSPS) is 17.1. The summed E-state index contributed by atoms with van der Waals surface area (Å²) in [5.41, 5.74) is 0. The number of Topliss-reactive ketones (excluding diaryl/α,β-unsaturated/α-hetero) is 1. The molecule has 1 saturated carbocycles. The fraction of sp³-hybridized carbons (Fsp3) is 0.917. The Morgan fingerprint density at radius 2 is 1.79 bits per heavy atom. The maximum atomic E-state index is 10.8. The zero-order valence-corrected chi connectivity index (χ0v) is 9.59. The molecule has 0 spiro atoms. The van der Waals surface area contributed by atoms with E-state index >= 15 is 0 Å². The third kappa shape index (κ3) is 6.14. The van der Waals surface area contributed by atoms with Crippen LogP contribution in [0.2, 0.25) is 0 Å². The van der Waals surface area contributed by atoms with E-state index in [4.69, 9.17) is 5.11 Å². The van der Waals surface area contributed by atoms with Gasteiger partial charge in [-0.1, -0.05) is 46.0 Å². The summed E-state index contributed by atoms with van der Waals surface area (Å²) in [7, 11) is 0. The highest BCUT2D eigenvalue weighted by molar-refractivity contribution is 5.79. The summed E-state index contributed by atoms with van der Waals surface area (Å²) in [6.07, 6.45) is 8.19. The molecule has 0 saturated heterocycles. The van der Waals surface area contributed by atoms with Crippen LogP contribution in [0.25, 0.3) is 0 Å². The molecule has 0 atom stereocenters. The van der Waals surface area contributed by atoms with E-state index in [1.165, 1.54) is 32.1 Å². The topological polar surface area (TPSA) is 37.3 Å². The highest BCUT2D eigenvalue weighted by atomic mass is 16.3. The van der Waals surface area contributed by atoms with Gasteiger partial charge in [-0.25, -0.2) is 0 Å². The molecule has 2 nitrogen and oxygen atoms in total. The third-order valence-electron chi connectivity index (χ3n) is 2.73. The summed E-state index contributed by atoms with van der Waals surface area (Å²) >= 11 is 0. The minimum atomic E-state index is -0.271. The Balaban J connectivity index is 0.000000791. The lowest BCUT2D eigenvalue weighted by Gasteiger charge is -2.20. The van der Waals surface area contributed by atoms with Crippen LogP contribution in [0.3, 0.4) is 0 Å². The molecule has 0 unspecified atom stereocenters. The summed E-state index contributed by atoms with van der Waals surface area (Å²) in [6, 6.07) is 0. The van der Waals surface area contributed by atoms with Crippen LogP contribution in [-0.2, 0) is 4.79 Å². The monoisotopic (exact) mass is 200 g/mol. The van der Waals surface area contributed by atoms with Gasteiger partial charge in [0.1, 0.15) is 6.61 Å². The zero-order valence-electron chi connectivity index (χ0n) is 9.59. The second kappa shape index (κ2) is 9.20. The summed E-state index contributed by atoms with van der Waals surface area (Å²) in [4.78, 5) is 10.8. The van der Waals surface area contributed by atoms with Crippen LogP contribution >= 0.6 is 0 Å². The van der Waals surface area contributed by atoms with Crippen LogP contribution in [0.15, 0.2) is 0 Å². The molecule has 0 aromatic carbocycles. The van der Waals surface area contributed by atoms with Crippen molar-refractivity contribution in [3.05, 3.63) is 0 Å². The SMILES string of the molecule is CC.O=C(CO)CCC1CCCCC1. The molecule has 0 amide bonds. The van der Waals surface area contributed by atoms with Crippen molar-refractivity contribution in [1.29, 1.82) is 0 Å². The lowest BCUT2D eigenvalue weighted by atomic mass is 9.86. The molecule has 1 aliphatic carbocycles. The number of aliphatic hydroxyl groups excluding tert-OH is 1. The van der Waals surface area contributed by atoms with Gasteiger partial charge >= 0.3 is 0 Å². The largest absolute Gasteiger partial charge is 0.389 e. The molecule has 14 heavy (non-hydrogen) atoms. The molecule has 0 aliphatic heterocycles. The number of rotatable bonds is 4. The van der Waals surface area contributed by atoms with Crippen LogP contribution < -0.4 is 0 Å². The quantitative estimate of drug-likeness (QED) is 0.757. The minimum absolute atomic E-state index is 0.000531. The predicted octanol–water partition coefficient (Wildman–Crippen LogP) is 2.93. The lowest BCUT2D eigenvalue weighted by Crippen LogP contribution is -2.10. The highest BCUT2D eigenvalue weighted by Gasteiger charge is 2.14. The highest BCUT2D eigenvalue weighted by Crippen LogP contribution is 2.27. The van der Waals surface area contributed by atoms with Crippen molar-refractivity contribution in [2.45, 2.75) is 58.8 Å². The molecule has 0 bridgehead atoms. The predicted molar refractivity (Wildman–Crippen MR) is 59.2 cm³/mol. The molecular weight excluding hydrogens is 176 g/mol. The van der Waals surface area contributed by atoms with Gasteiger partial charge in [0.05, 0.1) is 0 Å². The van der Waals surface area contributed by atoms with E-state index in [0.717, 1.165) is 12.3 Å². The van der Waals surface area contributed by atoms with Gasteiger partial charge in [0, 0.05) is 6.42 Å². The minimum Gasteiger partial charge on any atom is -0.389 e. The average molecular weight is 200 g/mol. The van der Waals surface area contributed by atoms with Crippen molar-refractivity contribution in [2.75, 3.05) is 6.61 Å². The first-order valence-electron chi connectivity index (χ1n) is 5.95. The van der Waals surface area contributed by atoms with Crippen LogP contribution in [-0.4, -0.2) is 17.5 Å². The summed E-state index contributed by atoms with van der Waals surface area (Å²) in [5, 5.41) is 8.51. The molecule has 0 radical (unpaired) electrons. The van der Waals surface area contributed by atoms with E-state index < -0.39 is 0 Å². The second-order valence-electron chi connectivity index (χ2n) is 3.74. The van der Waals surface area contributed by atoms with E-state index in [-0.39, 0.29) is 12.4 Å². The van der Waals surface area contributed by atoms with Gasteiger partial charge in [-0.05, 0) is 12.3 Å². The maximum Gasteiger partial charge on any atom is 0.158 e. The summed E-state index contributed by atoms with van der Waals surface area (Å²) < 4.78 is 0. The lowest BCUT2D eigenvalue weighted by molar-refractivity contribution is -0.122. The Bertz CT molecular complexity index is 137. The van der Waals surface area contributed by atoms with Gasteiger partial charge in [0.15, 0.2) is 5.78 Å². The first kappa shape index (κ1) is 13.6. The van der Waals surface area contributed by atoms with Gasteiger partial charge in [-0.2, -0.15) is 0 Å². The van der Waals surface area contributed by atoms with E-state index in [0.29, 0.717) is 6.42 Å². The third-order valence-corrected chi connectivity index (χ3v) is 2.73. The molecule has 0 aromatic heterocycles. The van der Waals surface area contributed by atoms with Gasteiger partial charge in [-0.15, -0.1) is 0 Å². The smallest absolute Gasteiger partial charge is 0.158 e. The fourth-order valence-electron chi connectivity index (χ4n) is 1.92. The number of aliphatic hydroxyl groups is 1. The molecule has 1 rings (SSSR count). The van der Waals surface area contributed by atoms with Gasteiger partial charge in [0.25, 0.3) is 0 Å². The number of hydrogen-bond donors (Lipinski definition) is 1. The molecule has 2 heteroatoms. The number of carbonyl (C=O) groups is 1. The van der Waals surface area contributed by atoms with Gasteiger partial charge in [0.2, 0.25) is 0 Å². The molecule has 0 heterocycles. The van der Waals surface area contributed by atoms with Crippen molar-refractivity contribution in [3.63, 3.8) is 0 Å². The Hall–Kier alpha value is -0.370. The van der Waals surface area contributed by atoms with Gasteiger partial charge in [-0.3, -0.25) is 4.79 Å². The number of hydrogen-bond acceptors (Lipinski definition) is 2. The zero-order chi connectivity index (χ0) is 10.8. The van der Waals surface area contributed by atoms with Gasteiger partial charge < -0.3 is 5.11 Å². The number of carbonyl (C=O) groups excluding carboxylic acids is 1. The molecular formula is C12H24O2. The van der Waals surface area contributed by atoms with Crippen molar-refractivity contribution in [2.24, 2.45) is 5.92 Å². The molecule has 1 aliphatic rings. The van der Waals surface area contributed by atoms with Crippen LogP contribution in [0.1, 0.15) is 58.8 Å². The summed E-state index contributed by atoms with van der Waals surface area (Å²) in [5.74, 6) is 0.759. The molecule has 1 fully saturated rings. The molecule has 84 valence electrons. The molecule has 1 N–H and O–H groups in total. The Labute approximate surface area is 87.7 Å². The standard InChI is InChI=1S/C10H18O2.C2H6/c11-8-10(12)7-6-9-4-2-1-3-5-9;1-2/h9,11H,1-8H2;1-2H3. The van der Waals surface area contributed by atoms with Crippen LogP contribution in [0, 0.1) is 5.92 Å². The van der Waals surface area contributed by atoms with E-state index in [9.17, 15) is 4.79 Å². The van der Waals surface area contributed by atoms with Crippen molar-refractivity contribution in [3.8, 4) is 0 Å². The van der Waals surface area contributed by atoms with Crippen molar-refractivity contribution in [1.82, 2.24) is 0 Å². The van der Waals surface area contributed by atoms with E-state index in [1.807, 2.05) is 13.8 Å². The first-order chi connectivity index (χ1) is 6.83. The summed E-state index contributed by atoms with van der Waals surface area (Å²) in [6.45, 7) is 3.73. The van der Waals surface area contributed by atoms with Crippen molar-refractivity contribution < 1.29 is 9.90 Å². The average Bonchev–Trinajstić information content (AvgIpc) is 2.30.